The topological polar surface area (TPSA) is 59.6 Å². The molecule has 1 heterocycles. The Morgan fingerprint density at radius 1 is 1.19 bits per heavy atom. The molecule has 2 N–H and O–H groups in total. The Bertz CT molecular complexity index is 779. The lowest BCUT2D eigenvalue weighted by Crippen LogP contribution is -2.24. The fourth-order valence-corrected chi connectivity index (χ4v) is 2.78. The number of methoxy groups -OCH3 is 1. The lowest BCUT2D eigenvalue weighted by molar-refractivity contribution is -0.119. The van der Waals surface area contributed by atoms with E-state index in [2.05, 4.69) is 10.6 Å². The minimum atomic E-state index is -0.442. The number of nitrogens with one attached hydrogen (secondary N) is 2. The average Bonchev–Trinajstić information content (AvgIpc) is 3.13. The van der Waals surface area contributed by atoms with Gasteiger partial charge in [0.1, 0.15) is 5.82 Å². The fraction of sp³-hybridized carbons (Fsp3) is 0.316. The van der Waals surface area contributed by atoms with Crippen LogP contribution < -0.4 is 20.1 Å². The largest absolute Gasteiger partial charge is 0.493 e. The normalized spacial score (nSPS) is 15.9. The summed E-state index contributed by atoms with van der Waals surface area (Å²) >= 11 is 0. The number of aryl methyl sites for hydroxylation is 1. The van der Waals surface area contributed by atoms with Crippen LogP contribution in [-0.2, 0) is 4.79 Å². The van der Waals surface area contributed by atoms with Crippen molar-refractivity contribution in [1.29, 1.82) is 0 Å². The molecule has 0 aromatic heterocycles. The maximum absolute atomic E-state index is 13.7. The smallest absolute Gasteiger partial charge is 0.228 e. The molecule has 5 nitrogen and oxygen atoms in total. The molecule has 0 saturated carbocycles. The molecule has 1 unspecified atom stereocenters. The van der Waals surface area contributed by atoms with Gasteiger partial charge in [-0.15, -0.1) is 12.4 Å². The molecular formula is C19H22ClFN2O3. The van der Waals surface area contributed by atoms with Gasteiger partial charge in [0.15, 0.2) is 17.2 Å². The third-order valence-electron chi connectivity index (χ3n) is 4.17. The van der Waals surface area contributed by atoms with E-state index in [1.807, 2.05) is 19.1 Å². The second-order valence-corrected chi connectivity index (χ2v) is 6.08. The Morgan fingerprint density at radius 2 is 1.96 bits per heavy atom. The van der Waals surface area contributed by atoms with Crippen LogP contribution in [0, 0.1) is 18.7 Å². The third kappa shape index (κ3) is 4.65. The first kappa shape index (κ1) is 20.0. The molecule has 1 atom stereocenters. The predicted molar refractivity (Wildman–Crippen MR) is 101 cm³/mol. The molecule has 0 radical (unpaired) electrons. The first-order chi connectivity index (χ1) is 12.1. The summed E-state index contributed by atoms with van der Waals surface area (Å²) in [5.41, 5.74) is 1.34. The minimum absolute atomic E-state index is 0. The van der Waals surface area contributed by atoms with Crippen molar-refractivity contribution in [2.24, 2.45) is 5.92 Å². The summed E-state index contributed by atoms with van der Waals surface area (Å²) < 4.78 is 24.9. The first-order valence-corrected chi connectivity index (χ1v) is 8.20. The fourth-order valence-electron chi connectivity index (χ4n) is 2.78. The Hall–Kier alpha value is -2.31. The number of ether oxygens (including phenoxy) is 2. The van der Waals surface area contributed by atoms with Gasteiger partial charge in [-0.25, -0.2) is 4.39 Å². The van der Waals surface area contributed by atoms with Crippen LogP contribution in [0.2, 0.25) is 0 Å². The van der Waals surface area contributed by atoms with Crippen molar-refractivity contribution >= 4 is 24.0 Å². The quantitative estimate of drug-likeness (QED) is 0.825. The molecule has 1 aliphatic heterocycles. The lowest BCUT2D eigenvalue weighted by atomic mass is 10.1. The van der Waals surface area contributed by atoms with Gasteiger partial charge in [0, 0.05) is 12.6 Å². The Labute approximate surface area is 158 Å². The van der Waals surface area contributed by atoms with Gasteiger partial charge < -0.3 is 20.1 Å². The van der Waals surface area contributed by atoms with Gasteiger partial charge in [0.05, 0.1) is 18.7 Å². The number of carbonyl (C=O) groups is 1. The molecule has 0 bridgehead atoms. The van der Waals surface area contributed by atoms with Gasteiger partial charge in [0.2, 0.25) is 5.91 Å². The number of amides is 1. The Kier molecular flexibility index (Phi) is 6.83. The van der Waals surface area contributed by atoms with E-state index in [1.54, 1.807) is 13.2 Å². The molecule has 1 amide bonds. The van der Waals surface area contributed by atoms with Crippen LogP contribution >= 0.6 is 12.4 Å². The summed E-state index contributed by atoms with van der Waals surface area (Å²) in [6.45, 7) is 3.39. The van der Waals surface area contributed by atoms with Crippen LogP contribution in [0.25, 0.3) is 0 Å². The second-order valence-electron chi connectivity index (χ2n) is 6.08. The number of rotatable bonds is 5. The maximum Gasteiger partial charge on any atom is 0.228 e. The van der Waals surface area contributed by atoms with E-state index in [9.17, 15) is 9.18 Å². The van der Waals surface area contributed by atoms with Crippen LogP contribution in [0.1, 0.15) is 12.0 Å². The van der Waals surface area contributed by atoms with Crippen molar-refractivity contribution in [2.75, 3.05) is 25.5 Å². The molecule has 2 aromatic carbocycles. The van der Waals surface area contributed by atoms with Crippen LogP contribution in [0.15, 0.2) is 36.4 Å². The molecule has 0 aliphatic carbocycles. The van der Waals surface area contributed by atoms with Gasteiger partial charge in [0.25, 0.3) is 0 Å². The van der Waals surface area contributed by atoms with Gasteiger partial charge in [-0.2, -0.15) is 0 Å². The van der Waals surface area contributed by atoms with Crippen molar-refractivity contribution in [1.82, 2.24) is 5.32 Å². The highest BCUT2D eigenvalue weighted by atomic mass is 35.5. The van der Waals surface area contributed by atoms with Crippen molar-refractivity contribution < 1.29 is 18.7 Å². The molecule has 1 fully saturated rings. The number of hydrogen-bond acceptors (Lipinski definition) is 4. The zero-order valence-electron chi connectivity index (χ0n) is 14.7. The monoisotopic (exact) mass is 380 g/mol. The van der Waals surface area contributed by atoms with Crippen LogP contribution in [0.4, 0.5) is 10.1 Å². The van der Waals surface area contributed by atoms with E-state index in [0.717, 1.165) is 18.5 Å². The first-order valence-electron chi connectivity index (χ1n) is 8.20. The van der Waals surface area contributed by atoms with E-state index in [-0.39, 0.29) is 24.2 Å². The number of anilines is 1. The number of carbonyl (C=O) groups excluding carboxylic acids is 1. The van der Waals surface area contributed by atoms with E-state index >= 15 is 0 Å². The van der Waals surface area contributed by atoms with E-state index in [1.165, 1.54) is 18.2 Å². The minimum Gasteiger partial charge on any atom is -0.493 e. The molecule has 26 heavy (non-hydrogen) atoms. The summed E-state index contributed by atoms with van der Waals surface area (Å²) in [6, 6.07) is 9.57. The average molecular weight is 381 g/mol. The highest BCUT2D eigenvalue weighted by molar-refractivity contribution is 5.94. The Balaban J connectivity index is 0.00000243. The number of benzene rings is 2. The van der Waals surface area contributed by atoms with Crippen molar-refractivity contribution in [2.45, 2.75) is 13.3 Å². The van der Waals surface area contributed by atoms with Gasteiger partial charge in [-0.3, -0.25) is 4.79 Å². The van der Waals surface area contributed by atoms with E-state index in [0.29, 0.717) is 29.5 Å². The van der Waals surface area contributed by atoms with Crippen molar-refractivity contribution in [3.63, 3.8) is 0 Å². The van der Waals surface area contributed by atoms with Gasteiger partial charge >= 0.3 is 0 Å². The summed E-state index contributed by atoms with van der Waals surface area (Å²) in [5.74, 6) is 0.728. The van der Waals surface area contributed by atoms with Crippen molar-refractivity contribution in [3.8, 4) is 17.2 Å². The molecule has 3 rings (SSSR count). The third-order valence-corrected chi connectivity index (χ3v) is 4.17. The zero-order valence-corrected chi connectivity index (χ0v) is 15.5. The molecule has 1 saturated heterocycles. The van der Waals surface area contributed by atoms with E-state index in [4.69, 9.17) is 9.47 Å². The highest BCUT2D eigenvalue weighted by Crippen LogP contribution is 2.36. The van der Waals surface area contributed by atoms with Gasteiger partial charge in [-0.05, 0) is 49.7 Å². The SMILES string of the molecule is COc1cc(C)ccc1Oc1ccc(F)cc1NC(=O)C1CCNC1.Cl. The molecule has 7 heteroatoms. The lowest BCUT2D eigenvalue weighted by Gasteiger charge is -2.16. The Morgan fingerprint density at radius 3 is 2.65 bits per heavy atom. The maximum atomic E-state index is 13.7. The summed E-state index contributed by atoms with van der Waals surface area (Å²) in [7, 11) is 1.56. The summed E-state index contributed by atoms with van der Waals surface area (Å²) in [4.78, 5) is 12.3. The molecule has 2 aromatic rings. The zero-order chi connectivity index (χ0) is 17.8. The predicted octanol–water partition coefficient (Wildman–Crippen LogP) is 3.90. The van der Waals surface area contributed by atoms with Crippen LogP contribution in [0.3, 0.4) is 0 Å². The highest BCUT2D eigenvalue weighted by Gasteiger charge is 2.23. The molecular weight excluding hydrogens is 359 g/mol. The van der Waals surface area contributed by atoms with E-state index < -0.39 is 5.82 Å². The summed E-state index contributed by atoms with van der Waals surface area (Å²) in [5, 5.41) is 5.92. The van der Waals surface area contributed by atoms with Crippen molar-refractivity contribution in [3.05, 3.63) is 47.8 Å². The molecule has 1 aliphatic rings. The standard InChI is InChI=1S/C19H21FN2O3.ClH/c1-12-3-5-17(18(9-12)24-2)25-16-6-4-14(20)10-15(16)22-19(23)13-7-8-21-11-13;/h3-6,9-10,13,21H,7-8,11H2,1-2H3,(H,22,23);1H. The number of halogens is 2. The second kappa shape index (κ2) is 8.87. The van der Waals surface area contributed by atoms with Crippen LogP contribution in [0.5, 0.6) is 17.2 Å². The van der Waals surface area contributed by atoms with Crippen LogP contribution in [-0.4, -0.2) is 26.1 Å². The molecule has 0 spiro atoms. The summed E-state index contributed by atoms with van der Waals surface area (Å²) in [6.07, 6.45) is 0.767. The number of hydrogen-bond donors (Lipinski definition) is 2. The van der Waals surface area contributed by atoms with Gasteiger partial charge in [-0.1, -0.05) is 6.07 Å². The molecule has 140 valence electrons.